The van der Waals surface area contributed by atoms with Crippen LogP contribution in [-0.2, 0) is 0 Å². The molecule has 0 bridgehead atoms. The molecule has 0 saturated carbocycles. The van der Waals surface area contributed by atoms with Crippen molar-refractivity contribution < 1.29 is 33.7 Å². The number of carbonyl (C=O) groups excluding carboxylic acids is 3. The average molecular weight is 532 g/mol. The predicted molar refractivity (Wildman–Crippen MR) is 139 cm³/mol. The number of carbonyl (C=O) groups is 3. The average Bonchev–Trinajstić information content (AvgIpc) is 2.84. The standard InChI is InChI=1S/C29H22ClNO7/c1-16-4-7-21(24(32)10-16)27(33)37-26-12-18(3)6-9-23(26)29(35)38-25-11-17(2)5-8-22(25)28(34)36-20-13-19(30)14-31-15-20/h4-15,32H,1-3H3. The van der Waals surface area contributed by atoms with Crippen LogP contribution in [0.1, 0.15) is 47.8 Å². The molecular weight excluding hydrogens is 510 g/mol. The van der Waals surface area contributed by atoms with E-state index in [1.807, 2.05) is 0 Å². The molecule has 0 saturated heterocycles. The molecule has 0 atom stereocenters. The smallest absolute Gasteiger partial charge is 0.347 e. The van der Waals surface area contributed by atoms with Crippen molar-refractivity contribution in [1.82, 2.24) is 4.98 Å². The molecule has 38 heavy (non-hydrogen) atoms. The second-order valence-electron chi connectivity index (χ2n) is 8.53. The number of pyridine rings is 1. The minimum Gasteiger partial charge on any atom is -0.507 e. The summed E-state index contributed by atoms with van der Waals surface area (Å²) in [5.41, 5.74) is 2.06. The third-order valence-electron chi connectivity index (χ3n) is 5.38. The zero-order chi connectivity index (χ0) is 27.4. The van der Waals surface area contributed by atoms with Crippen molar-refractivity contribution in [2.45, 2.75) is 20.8 Å². The topological polar surface area (TPSA) is 112 Å². The van der Waals surface area contributed by atoms with Gasteiger partial charge in [0.15, 0.2) is 5.75 Å². The SMILES string of the molecule is Cc1ccc(C(=O)Oc2cc(C)ccc2C(=O)Oc2cc(C)ccc2C(=O)Oc2cncc(Cl)c2)c(O)c1. The highest BCUT2D eigenvalue weighted by Crippen LogP contribution is 2.28. The molecule has 4 aromatic rings. The Morgan fingerprint density at radius 2 is 1.13 bits per heavy atom. The molecule has 0 fully saturated rings. The Hall–Kier alpha value is -4.69. The van der Waals surface area contributed by atoms with Crippen molar-refractivity contribution in [2.24, 2.45) is 0 Å². The van der Waals surface area contributed by atoms with Gasteiger partial charge in [-0.25, -0.2) is 14.4 Å². The number of aromatic nitrogens is 1. The molecule has 0 aliphatic rings. The van der Waals surface area contributed by atoms with E-state index >= 15 is 0 Å². The van der Waals surface area contributed by atoms with Crippen LogP contribution in [-0.4, -0.2) is 28.0 Å². The van der Waals surface area contributed by atoms with Gasteiger partial charge in [-0.3, -0.25) is 4.98 Å². The number of rotatable bonds is 6. The zero-order valence-corrected chi connectivity index (χ0v) is 21.4. The lowest BCUT2D eigenvalue weighted by Gasteiger charge is -2.14. The minimum absolute atomic E-state index is 0.0147. The Labute approximate surface area is 223 Å². The number of esters is 3. The number of phenols is 1. The molecule has 9 heteroatoms. The molecule has 3 aromatic carbocycles. The van der Waals surface area contributed by atoms with Crippen molar-refractivity contribution in [3.8, 4) is 23.0 Å². The Kier molecular flexibility index (Phi) is 7.74. The van der Waals surface area contributed by atoms with Crippen LogP contribution in [0.5, 0.6) is 23.0 Å². The highest BCUT2D eigenvalue weighted by Gasteiger charge is 2.23. The first-order valence-electron chi connectivity index (χ1n) is 11.4. The summed E-state index contributed by atoms with van der Waals surface area (Å²) < 4.78 is 16.4. The molecule has 1 N–H and O–H groups in total. The Morgan fingerprint density at radius 3 is 1.66 bits per heavy atom. The van der Waals surface area contributed by atoms with E-state index in [1.54, 1.807) is 39.0 Å². The summed E-state index contributed by atoms with van der Waals surface area (Å²) >= 11 is 5.91. The van der Waals surface area contributed by atoms with E-state index in [0.29, 0.717) is 5.56 Å². The van der Waals surface area contributed by atoms with Gasteiger partial charge < -0.3 is 19.3 Å². The lowest BCUT2D eigenvalue weighted by atomic mass is 10.1. The maximum Gasteiger partial charge on any atom is 0.347 e. The third kappa shape index (κ3) is 6.16. The van der Waals surface area contributed by atoms with Crippen LogP contribution in [0, 0.1) is 20.8 Å². The number of ether oxygens (including phenoxy) is 3. The number of aromatic hydroxyl groups is 1. The lowest BCUT2D eigenvalue weighted by Crippen LogP contribution is -2.17. The van der Waals surface area contributed by atoms with Crippen LogP contribution in [0.4, 0.5) is 0 Å². The largest absolute Gasteiger partial charge is 0.507 e. The second kappa shape index (κ2) is 11.1. The van der Waals surface area contributed by atoms with E-state index in [-0.39, 0.29) is 44.7 Å². The molecule has 1 aromatic heterocycles. The van der Waals surface area contributed by atoms with Crippen molar-refractivity contribution in [1.29, 1.82) is 0 Å². The van der Waals surface area contributed by atoms with E-state index in [9.17, 15) is 19.5 Å². The van der Waals surface area contributed by atoms with Crippen LogP contribution in [0.2, 0.25) is 5.02 Å². The fourth-order valence-electron chi connectivity index (χ4n) is 3.50. The Balaban J connectivity index is 1.61. The quantitative estimate of drug-likeness (QED) is 0.237. The van der Waals surface area contributed by atoms with Crippen molar-refractivity contribution >= 4 is 29.5 Å². The molecule has 192 valence electrons. The summed E-state index contributed by atoms with van der Waals surface area (Å²) in [6.07, 6.45) is 2.71. The Morgan fingerprint density at radius 1 is 0.658 bits per heavy atom. The molecule has 0 spiro atoms. The van der Waals surface area contributed by atoms with Gasteiger partial charge in [0.2, 0.25) is 0 Å². The Bertz CT molecular complexity index is 1560. The van der Waals surface area contributed by atoms with E-state index in [2.05, 4.69) is 4.98 Å². The normalized spacial score (nSPS) is 10.5. The molecule has 8 nitrogen and oxygen atoms in total. The molecule has 0 amide bonds. The number of nitrogens with zero attached hydrogens (tertiary/aromatic N) is 1. The van der Waals surface area contributed by atoms with Gasteiger partial charge in [0, 0.05) is 12.3 Å². The van der Waals surface area contributed by atoms with Gasteiger partial charge in [-0.1, -0.05) is 29.8 Å². The summed E-state index contributed by atoms with van der Waals surface area (Å²) in [4.78, 5) is 42.7. The van der Waals surface area contributed by atoms with Gasteiger partial charge in [0.25, 0.3) is 0 Å². The first-order chi connectivity index (χ1) is 18.1. The summed E-state index contributed by atoms with van der Waals surface area (Å²) in [5, 5.41) is 10.4. The zero-order valence-electron chi connectivity index (χ0n) is 20.7. The van der Waals surface area contributed by atoms with E-state index < -0.39 is 17.9 Å². The lowest BCUT2D eigenvalue weighted by molar-refractivity contribution is 0.0699. The van der Waals surface area contributed by atoms with Gasteiger partial charge in [0.1, 0.15) is 33.9 Å². The highest BCUT2D eigenvalue weighted by atomic mass is 35.5. The molecule has 0 aliphatic carbocycles. The van der Waals surface area contributed by atoms with Crippen molar-refractivity contribution in [2.75, 3.05) is 0 Å². The summed E-state index contributed by atoms with van der Waals surface area (Å²) in [7, 11) is 0. The maximum absolute atomic E-state index is 13.2. The van der Waals surface area contributed by atoms with Gasteiger partial charge in [-0.15, -0.1) is 0 Å². The summed E-state index contributed by atoms with van der Waals surface area (Å²) in [6.45, 7) is 5.29. The van der Waals surface area contributed by atoms with Crippen molar-refractivity contribution in [3.63, 3.8) is 0 Å². The number of benzene rings is 3. The van der Waals surface area contributed by atoms with E-state index in [4.69, 9.17) is 25.8 Å². The molecule has 0 radical (unpaired) electrons. The predicted octanol–water partition coefficient (Wildman–Crippen LogP) is 6.02. The molecule has 0 aliphatic heterocycles. The van der Waals surface area contributed by atoms with Crippen LogP contribution >= 0.6 is 11.6 Å². The molecule has 0 unspecified atom stereocenters. The van der Waals surface area contributed by atoms with Gasteiger partial charge >= 0.3 is 17.9 Å². The summed E-state index contributed by atoms with van der Waals surface area (Å²) in [6, 6.07) is 15.2. The first-order valence-corrected chi connectivity index (χ1v) is 11.8. The minimum atomic E-state index is -0.870. The monoisotopic (exact) mass is 531 g/mol. The van der Waals surface area contributed by atoms with Gasteiger partial charge in [-0.2, -0.15) is 0 Å². The molecular formula is C29H22ClNO7. The highest BCUT2D eigenvalue weighted by molar-refractivity contribution is 6.30. The first kappa shape index (κ1) is 26.4. The molecule has 4 rings (SSSR count). The maximum atomic E-state index is 13.2. The van der Waals surface area contributed by atoms with Crippen molar-refractivity contribution in [3.05, 3.63) is 111 Å². The second-order valence-corrected chi connectivity index (χ2v) is 8.96. The fraction of sp³-hybridized carbons (Fsp3) is 0.103. The van der Waals surface area contributed by atoms with Gasteiger partial charge in [0.05, 0.1) is 11.2 Å². The van der Waals surface area contributed by atoms with Crippen LogP contribution in [0.3, 0.4) is 0 Å². The third-order valence-corrected chi connectivity index (χ3v) is 5.59. The van der Waals surface area contributed by atoms with Crippen LogP contribution < -0.4 is 14.2 Å². The van der Waals surface area contributed by atoms with Crippen LogP contribution in [0.25, 0.3) is 0 Å². The van der Waals surface area contributed by atoms with E-state index in [0.717, 1.165) is 11.1 Å². The van der Waals surface area contributed by atoms with E-state index in [1.165, 1.54) is 54.9 Å². The number of halogens is 1. The number of hydrogen-bond donors (Lipinski definition) is 1. The van der Waals surface area contributed by atoms with Crippen LogP contribution in [0.15, 0.2) is 73.1 Å². The number of aryl methyl sites for hydroxylation is 3. The number of hydrogen-bond acceptors (Lipinski definition) is 8. The fourth-order valence-corrected chi connectivity index (χ4v) is 3.66. The molecule has 1 heterocycles. The summed E-state index contributed by atoms with van der Waals surface area (Å²) in [5.74, 6) is -2.76. The van der Waals surface area contributed by atoms with Gasteiger partial charge in [-0.05, 0) is 73.9 Å². The number of phenolic OH excluding ortho intramolecular Hbond substituents is 1.